The molecule has 0 aromatic carbocycles. The van der Waals surface area contributed by atoms with Crippen LogP contribution in [0, 0.1) is 0 Å². The zero-order valence-corrected chi connectivity index (χ0v) is 8.71. The van der Waals surface area contributed by atoms with Crippen LogP contribution in [0.2, 0.25) is 0 Å². The van der Waals surface area contributed by atoms with Crippen LogP contribution >= 0.6 is 0 Å². The van der Waals surface area contributed by atoms with Gasteiger partial charge in [-0.1, -0.05) is 0 Å². The standard InChI is InChI=1S/C10H17N3O2/c14-9(6-12-7-3-4-7)13-8-2-1-5-11-10(8)15/h7-8,12H,1-6H2,(H,11,15)(H,13,14). The molecule has 0 aromatic heterocycles. The van der Waals surface area contributed by atoms with E-state index in [9.17, 15) is 9.59 Å². The smallest absolute Gasteiger partial charge is 0.242 e. The van der Waals surface area contributed by atoms with Crippen LogP contribution in [-0.2, 0) is 9.59 Å². The van der Waals surface area contributed by atoms with Gasteiger partial charge in [-0.2, -0.15) is 0 Å². The Hall–Kier alpha value is -1.10. The van der Waals surface area contributed by atoms with Crippen molar-refractivity contribution in [1.82, 2.24) is 16.0 Å². The van der Waals surface area contributed by atoms with E-state index in [1.54, 1.807) is 0 Å². The molecule has 0 radical (unpaired) electrons. The molecule has 1 aliphatic heterocycles. The number of carbonyl (C=O) groups is 2. The number of carbonyl (C=O) groups excluding carboxylic acids is 2. The van der Waals surface area contributed by atoms with Crippen LogP contribution in [0.15, 0.2) is 0 Å². The fourth-order valence-electron chi connectivity index (χ4n) is 1.68. The SMILES string of the molecule is O=C(CNC1CC1)NC1CCCNC1=O. The Morgan fingerprint density at radius 3 is 2.87 bits per heavy atom. The Labute approximate surface area is 89.0 Å². The van der Waals surface area contributed by atoms with Gasteiger partial charge < -0.3 is 16.0 Å². The van der Waals surface area contributed by atoms with E-state index in [2.05, 4.69) is 16.0 Å². The number of piperidine rings is 1. The molecule has 2 amide bonds. The summed E-state index contributed by atoms with van der Waals surface area (Å²) in [5, 5.41) is 8.60. The molecular weight excluding hydrogens is 194 g/mol. The largest absolute Gasteiger partial charge is 0.354 e. The summed E-state index contributed by atoms with van der Waals surface area (Å²) in [6.07, 6.45) is 4.02. The van der Waals surface area contributed by atoms with Gasteiger partial charge in [-0.15, -0.1) is 0 Å². The molecule has 0 aromatic rings. The zero-order valence-electron chi connectivity index (χ0n) is 8.71. The number of nitrogens with one attached hydrogen (secondary N) is 3. The maximum atomic E-state index is 11.4. The summed E-state index contributed by atoms with van der Waals surface area (Å²) in [7, 11) is 0. The van der Waals surface area contributed by atoms with Crippen LogP contribution in [0.4, 0.5) is 0 Å². The third-order valence-electron chi connectivity index (χ3n) is 2.75. The van der Waals surface area contributed by atoms with Crippen molar-refractivity contribution in [2.45, 2.75) is 37.8 Å². The van der Waals surface area contributed by atoms with E-state index in [0.29, 0.717) is 12.6 Å². The normalized spacial score (nSPS) is 25.9. The van der Waals surface area contributed by atoms with E-state index in [-0.39, 0.29) is 17.9 Å². The second kappa shape index (κ2) is 4.61. The van der Waals surface area contributed by atoms with Gasteiger partial charge in [0.2, 0.25) is 11.8 Å². The predicted octanol–water partition coefficient (Wildman–Crippen LogP) is -0.867. The lowest BCUT2D eigenvalue weighted by atomic mass is 10.1. The Morgan fingerprint density at radius 1 is 1.40 bits per heavy atom. The van der Waals surface area contributed by atoms with Crippen molar-refractivity contribution in [2.75, 3.05) is 13.1 Å². The lowest BCUT2D eigenvalue weighted by Crippen LogP contribution is -2.52. The molecule has 5 nitrogen and oxygen atoms in total. The van der Waals surface area contributed by atoms with E-state index in [1.807, 2.05) is 0 Å². The summed E-state index contributed by atoms with van der Waals surface area (Å²) in [5.74, 6) is -0.134. The number of rotatable bonds is 4. The van der Waals surface area contributed by atoms with Gasteiger partial charge in [-0.05, 0) is 25.7 Å². The van der Waals surface area contributed by atoms with Crippen LogP contribution in [0.25, 0.3) is 0 Å². The van der Waals surface area contributed by atoms with Crippen LogP contribution in [-0.4, -0.2) is 37.0 Å². The molecule has 0 bridgehead atoms. The zero-order chi connectivity index (χ0) is 10.7. The maximum Gasteiger partial charge on any atom is 0.242 e. The number of amides is 2. The van der Waals surface area contributed by atoms with E-state index in [4.69, 9.17) is 0 Å². The van der Waals surface area contributed by atoms with Crippen molar-refractivity contribution in [1.29, 1.82) is 0 Å². The highest BCUT2D eigenvalue weighted by Gasteiger charge is 2.25. The summed E-state index contributed by atoms with van der Waals surface area (Å²) in [6, 6.07) is 0.197. The van der Waals surface area contributed by atoms with Crippen molar-refractivity contribution in [3.8, 4) is 0 Å². The fourth-order valence-corrected chi connectivity index (χ4v) is 1.68. The molecule has 3 N–H and O–H groups in total. The molecule has 2 aliphatic rings. The predicted molar refractivity (Wildman–Crippen MR) is 55.2 cm³/mol. The first-order chi connectivity index (χ1) is 7.25. The first-order valence-electron chi connectivity index (χ1n) is 5.56. The van der Waals surface area contributed by atoms with E-state index >= 15 is 0 Å². The van der Waals surface area contributed by atoms with Gasteiger partial charge in [0.15, 0.2) is 0 Å². The van der Waals surface area contributed by atoms with Crippen molar-refractivity contribution in [3.63, 3.8) is 0 Å². The minimum Gasteiger partial charge on any atom is -0.354 e. The van der Waals surface area contributed by atoms with Crippen LogP contribution in [0.1, 0.15) is 25.7 Å². The van der Waals surface area contributed by atoms with Gasteiger partial charge in [0, 0.05) is 12.6 Å². The molecule has 1 aliphatic carbocycles. The van der Waals surface area contributed by atoms with Gasteiger partial charge >= 0.3 is 0 Å². The summed E-state index contributed by atoms with van der Waals surface area (Å²) >= 11 is 0. The lowest BCUT2D eigenvalue weighted by Gasteiger charge is -2.22. The molecule has 2 fully saturated rings. The van der Waals surface area contributed by atoms with Crippen molar-refractivity contribution in [3.05, 3.63) is 0 Å². The minimum absolute atomic E-state index is 0.0546. The highest BCUT2D eigenvalue weighted by atomic mass is 16.2. The second-order valence-corrected chi connectivity index (χ2v) is 4.21. The van der Waals surface area contributed by atoms with E-state index < -0.39 is 0 Å². The molecule has 1 saturated carbocycles. The maximum absolute atomic E-state index is 11.4. The first kappa shape index (κ1) is 10.4. The Balaban J connectivity index is 1.69. The van der Waals surface area contributed by atoms with Crippen LogP contribution in [0.5, 0.6) is 0 Å². The number of hydrogen-bond donors (Lipinski definition) is 3. The second-order valence-electron chi connectivity index (χ2n) is 4.21. The number of hydrogen-bond acceptors (Lipinski definition) is 3. The molecule has 15 heavy (non-hydrogen) atoms. The molecule has 1 heterocycles. The molecule has 1 unspecified atom stereocenters. The molecule has 5 heteroatoms. The molecular formula is C10H17N3O2. The molecule has 2 rings (SSSR count). The van der Waals surface area contributed by atoms with E-state index in [1.165, 1.54) is 0 Å². The summed E-state index contributed by atoms with van der Waals surface area (Å²) < 4.78 is 0. The van der Waals surface area contributed by atoms with Crippen molar-refractivity contribution >= 4 is 11.8 Å². The summed E-state index contributed by atoms with van der Waals surface area (Å²) in [5.41, 5.74) is 0. The van der Waals surface area contributed by atoms with Gasteiger partial charge in [-0.25, -0.2) is 0 Å². The van der Waals surface area contributed by atoms with Gasteiger partial charge in [0.05, 0.1) is 6.54 Å². The van der Waals surface area contributed by atoms with Crippen LogP contribution < -0.4 is 16.0 Å². The van der Waals surface area contributed by atoms with Crippen molar-refractivity contribution < 1.29 is 9.59 Å². The molecule has 0 spiro atoms. The van der Waals surface area contributed by atoms with E-state index in [0.717, 1.165) is 32.2 Å². The highest BCUT2D eigenvalue weighted by Crippen LogP contribution is 2.17. The minimum atomic E-state index is -0.327. The Bertz CT molecular complexity index is 263. The van der Waals surface area contributed by atoms with Gasteiger partial charge in [0.25, 0.3) is 0 Å². The van der Waals surface area contributed by atoms with Crippen LogP contribution in [0.3, 0.4) is 0 Å². The molecule has 84 valence electrons. The van der Waals surface area contributed by atoms with Crippen molar-refractivity contribution in [2.24, 2.45) is 0 Å². The fraction of sp³-hybridized carbons (Fsp3) is 0.800. The van der Waals surface area contributed by atoms with Gasteiger partial charge in [-0.3, -0.25) is 9.59 Å². The lowest BCUT2D eigenvalue weighted by molar-refractivity contribution is -0.129. The third kappa shape index (κ3) is 3.20. The first-order valence-corrected chi connectivity index (χ1v) is 5.56. The summed E-state index contributed by atoms with van der Waals surface area (Å²) in [4.78, 5) is 22.8. The molecule has 1 saturated heterocycles. The van der Waals surface area contributed by atoms with Gasteiger partial charge in [0.1, 0.15) is 6.04 Å². The quantitative estimate of drug-likeness (QED) is 0.566. The Morgan fingerprint density at radius 2 is 2.20 bits per heavy atom. The third-order valence-corrected chi connectivity index (χ3v) is 2.75. The summed E-state index contributed by atoms with van der Waals surface area (Å²) in [6.45, 7) is 1.06. The average Bonchev–Trinajstić information content (AvgIpc) is 3.02. The monoisotopic (exact) mass is 211 g/mol. The topological polar surface area (TPSA) is 70.2 Å². The molecule has 1 atom stereocenters. The highest BCUT2D eigenvalue weighted by molar-refractivity contribution is 5.88. The average molecular weight is 211 g/mol. The Kier molecular flexibility index (Phi) is 3.20.